The minimum atomic E-state index is -1.29. The normalized spacial score (nSPS) is 15.3. The van der Waals surface area contributed by atoms with Crippen LogP contribution in [0.2, 0.25) is 19.1 Å². The maximum Gasteiger partial charge on any atom is 0.186 e. The fourth-order valence-corrected chi connectivity index (χ4v) is 2.36. The van der Waals surface area contributed by atoms with E-state index in [1.807, 2.05) is 7.11 Å². The average molecular weight is 178 g/mol. The summed E-state index contributed by atoms with van der Waals surface area (Å²) in [5.74, 6) is 0. The Labute approximate surface area is 70.7 Å². The summed E-state index contributed by atoms with van der Waals surface area (Å²) in [6.07, 6.45) is 1.18. The third-order valence-corrected chi connectivity index (χ3v) is 4.57. The van der Waals surface area contributed by atoms with Crippen LogP contribution in [0.4, 0.5) is 0 Å². The molecule has 0 rings (SSSR count). The van der Waals surface area contributed by atoms with Crippen LogP contribution in [0.15, 0.2) is 0 Å². The van der Waals surface area contributed by atoms with Crippen LogP contribution >= 0.6 is 12.6 Å². The molecule has 62 valence electrons. The maximum absolute atomic E-state index is 5.39. The Morgan fingerprint density at radius 3 is 2.30 bits per heavy atom. The first-order valence-electron chi connectivity index (χ1n) is 3.71. The molecule has 0 aliphatic carbocycles. The van der Waals surface area contributed by atoms with Crippen molar-refractivity contribution in [2.75, 3.05) is 7.11 Å². The maximum atomic E-state index is 5.39. The molecular formula is C7H18OSSi. The molecule has 0 amide bonds. The average Bonchev–Trinajstić information content (AvgIpc) is 1.85. The monoisotopic (exact) mass is 178 g/mol. The predicted molar refractivity (Wildman–Crippen MR) is 52.4 cm³/mol. The first-order chi connectivity index (χ1) is 4.48. The SMILES string of the molecule is CO[Si](C)(C)CCC(C)S. The second-order valence-corrected chi connectivity index (χ2v) is 8.66. The lowest BCUT2D eigenvalue weighted by atomic mass is 10.4. The fraction of sp³-hybridized carbons (Fsp3) is 1.00. The van der Waals surface area contributed by atoms with Crippen molar-refractivity contribution in [3.63, 3.8) is 0 Å². The molecule has 0 fully saturated rings. The van der Waals surface area contributed by atoms with Gasteiger partial charge in [0, 0.05) is 7.11 Å². The molecule has 0 radical (unpaired) electrons. The lowest BCUT2D eigenvalue weighted by Crippen LogP contribution is -2.28. The number of hydrogen-bond donors (Lipinski definition) is 1. The van der Waals surface area contributed by atoms with Gasteiger partial charge in [-0.1, -0.05) is 6.92 Å². The van der Waals surface area contributed by atoms with Crippen molar-refractivity contribution in [3.05, 3.63) is 0 Å². The van der Waals surface area contributed by atoms with Gasteiger partial charge in [-0.15, -0.1) is 0 Å². The van der Waals surface area contributed by atoms with Crippen LogP contribution in [0.5, 0.6) is 0 Å². The summed E-state index contributed by atoms with van der Waals surface area (Å²) >= 11 is 4.32. The van der Waals surface area contributed by atoms with Crippen molar-refractivity contribution in [1.29, 1.82) is 0 Å². The summed E-state index contributed by atoms with van der Waals surface area (Å²) in [5, 5.41) is 0.516. The quantitative estimate of drug-likeness (QED) is 0.514. The molecule has 0 aromatic carbocycles. The third-order valence-electron chi connectivity index (χ3n) is 1.72. The van der Waals surface area contributed by atoms with Crippen LogP contribution < -0.4 is 0 Å². The zero-order valence-electron chi connectivity index (χ0n) is 7.35. The van der Waals surface area contributed by atoms with E-state index in [0.717, 1.165) is 0 Å². The topological polar surface area (TPSA) is 9.23 Å². The van der Waals surface area contributed by atoms with Crippen molar-refractivity contribution in [2.45, 2.75) is 37.7 Å². The molecule has 0 saturated heterocycles. The molecule has 0 aromatic heterocycles. The van der Waals surface area contributed by atoms with E-state index in [1.54, 1.807) is 0 Å². The lowest BCUT2D eigenvalue weighted by molar-refractivity contribution is 0.402. The second-order valence-electron chi connectivity index (χ2n) is 3.35. The Morgan fingerprint density at radius 2 is 2.00 bits per heavy atom. The van der Waals surface area contributed by atoms with E-state index in [1.165, 1.54) is 12.5 Å². The fourth-order valence-electron chi connectivity index (χ4n) is 0.659. The standard InChI is InChI=1S/C7H18OSSi/c1-7(9)5-6-10(3,4)8-2/h7,9H,5-6H2,1-4H3. The molecule has 0 heterocycles. The molecule has 1 nitrogen and oxygen atoms in total. The minimum Gasteiger partial charge on any atom is -0.420 e. The van der Waals surface area contributed by atoms with Crippen LogP contribution in [0, 0.1) is 0 Å². The molecule has 0 aliphatic heterocycles. The van der Waals surface area contributed by atoms with Gasteiger partial charge in [0.05, 0.1) is 0 Å². The zero-order chi connectivity index (χ0) is 8.20. The first-order valence-corrected chi connectivity index (χ1v) is 7.34. The summed E-state index contributed by atoms with van der Waals surface area (Å²) in [7, 11) is 0.526. The van der Waals surface area contributed by atoms with Crippen molar-refractivity contribution < 1.29 is 4.43 Å². The molecule has 0 bridgehead atoms. The van der Waals surface area contributed by atoms with Crippen LogP contribution in [-0.2, 0) is 4.43 Å². The van der Waals surface area contributed by atoms with E-state index in [9.17, 15) is 0 Å². The van der Waals surface area contributed by atoms with E-state index in [2.05, 4.69) is 32.6 Å². The molecule has 0 aromatic rings. The van der Waals surface area contributed by atoms with Gasteiger partial charge in [-0.3, -0.25) is 0 Å². The Kier molecular flexibility index (Phi) is 4.65. The molecule has 0 aliphatic rings. The van der Waals surface area contributed by atoms with E-state index >= 15 is 0 Å². The number of hydrogen-bond acceptors (Lipinski definition) is 2. The van der Waals surface area contributed by atoms with Crippen LogP contribution in [0.25, 0.3) is 0 Å². The third kappa shape index (κ3) is 5.32. The van der Waals surface area contributed by atoms with E-state index < -0.39 is 8.32 Å². The summed E-state index contributed by atoms with van der Waals surface area (Å²) in [6, 6.07) is 1.22. The Hall–Kier alpha value is 0.527. The highest BCUT2D eigenvalue weighted by atomic mass is 32.1. The van der Waals surface area contributed by atoms with Gasteiger partial charge in [0.25, 0.3) is 0 Å². The van der Waals surface area contributed by atoms with Gasteiger partial charge in [-0.25, -0.2) is 0 Å². The predicted octanol–water partition coefficient (Wildman–Crippen LogP) is 2.55. The lowest BCUT2D eigenvalue weighted by Gasteiger charge is -2.20. The largest absolute Gasteiger partial charge is 0.420 e. The highest BCUT2D eigenvalue weighted by Gasteiger charge is 2.20. The second kappa shape index (κ2) is 4.41. The molecular weight excluding hydrogens is 160 g/mol. The van der Waals surface area contributed by atoms with Crippen LogP contribution in [-0.4, -0.2) is 20.7 Å². The molecule has 0 saturated carbocycles. The molecule has 0 spiro atoms. The van der Waals surface area contributed by atoms with Gasteiger partial charge in [0.1, 0.15) is 0 Å². The number of thiol groups is 1. The van der Waals surface area contributed by atoms with E-state index in [4.69, 9.17) is 4.43 Å². The molecule has 1 unspecified atom stereocenters. The van der Waals surface area contributed by atoms with Gasteiger partial charge < -0.3 is 4.43 Å². The van der Waals surface area contributed by atoms with Crippen molar-refractivity contribution in [2.24, 2.45) is 0 Å². The highest BCUT2D eigenvalue weighted by molar-refractivity contribution is 7.80. The van der Waals surface area contributed by atoms with Gasteiger partial charge in [-0.2, -0.15) is 12.6 Å². The minimum absolute atomic E-state index is 0.516. The summed E-state index contributed by atoms with van der Waals surface area (Å²) in [6.45, 7) is 6.61. The van der Waals surface area contributed by atoms with Crippen molar-refractivity contribution in [1.82, 2.24) is 0 Å². The molecule has 3 heteroatoms. The molecule has 0 N–H and O–H groups in total. The van der Waals surface area contributed by atoms with Gasteiger partial charge in [0.2, 0.25) is 0 Å². The number of rotatable bonds is 4. The Balaban J connectivity index is 3.46. The van der Waals surface area contributed by atoms with Gasteiger partial charge >= 0.3 is 0 Å². The summed E-state index contributed by atoms with van der Waals surface area (Å²) in [4.78, 5) is 0. The van der Waals surface area contributed by atoms with E-state index in [0.29, 0.717) is 5.25 Å². The molecule has 10 heavy (non-hydrogen) atoms. The summed E-state index contributed by atoms with van der Waals surface area (Å²) in [5.41, 5.74) is 0. The van der Waals surface area contributed by atoms with Gasteiger partial charge in [-0.05, 0) is 30.8 Å². The Morgan fingerprint density at radius 1 is 1.50 bits per heavy atom. The van der Waals surface area contributed by atoms with E-state index in [-0.39, 0.29) is 0 Å². The van der Waals surface area contributed by atoms with Crippen LogP contribution in [0.1, 0.15) is 13.3 Å². The van der Waals surface area contributed by atoms with Gasteiger partial charge in [0.15, 0.2) is 8.32 Å². The first kappa shape index (κ1) is 10.5. The van der Waals surface area contributed by atoms with Crippen molar-refractivity contribution >= 4 is 20.9 Å². The smallest absolute Gasteiger partial charge is 0.186 e. The Bertz CT molecular complexity index is 93.6. The molecule has 1 atom stereocenters. The summed E-state index contributed by atoms with van der Waals surface area (Å²) < 4.78 is 5.39. The zero-order valence-corrected chi connectivity index (χ0v) is 9.24. The van der Waals surface area contributed by atoms with Crippen LogP contribution in [0.3, 0.4) is 0 Å². The highest BCUT2D eigenvalue weighted by Crippen LogP contribution is 2.15. The van der Waals surface area contributed by atoms with Crippen molar-refractivity contribution in [3.8, 4) is 0 Å².